The van der Waals surface area contributed by atoms with Gasteiger partial charge in [-0.15, -0.1) is 0 Å². The van der Waals surface area contributed by atoms with Crippen LogP contribution in [0.25, 0.3) is 0 Å². The molecule has 0 unspecified atom stereocenters. The summed E-state index contributed by atoms with van der Waals surface area (Å²) in [5, 5.41) is 0. The molecule has 0 N–H and O–H groups in total. The third-order valence-corrected chi connectivity index (χ3v) is 4.90. The van der Waals surface area contributed by atoms with Crippen molar-refractivity contribution in [2.75, 3.05) is 52.5 Å². The van der Waals surface area contributed by atoms with Crippen LogP contribution in [0.4, 0.5) is 4.39 Å². The third kappa shape index (κ3) is 4.16. The van der Waals surface area contributed by atoms with Crippen molar-refractivity contribution >= 4 is 11.8 Å². The number of hydrogen-bond donors (Lipinski definition) is 0. The van der Waals surface area contributed by atoms with E-state index < -0.39 is 5.82 Å². The molecule has 2 fully saturated rings. The summed E-state index contributed by atoms with van der Waals surface area (Å²) in [6.07, 6.45) is 0. The predicted molar refractivity (Wildman–Crippen MR) is 90.7 cm³/mol. The summed E-state index contributed by atoms with van der Waals surface area (Å²) in [6, 6.07) is 5.56. The molecule has 7 heteroatoms. The Labute approximate surface area is 147 Å². The highest BCUT2D eigenvalue weighted by Crippen LogP contribution is 2.13. The summed E-state index contributed by atoms with van der Waals surface area (Å²) in [5.74, 6) is -0.450. The number of morpholine rings is 1. The quantitative estimate of drug-likeness (QED) is 0.811. The number of carbonyl (C=O) groups excluding carboxylic acids is 2. The fraction of sp³-hybridized carbons (Fsp3) is 0.556. The lowest BCUT2D eigenvalue weighted by molar-refractivity contribution is -0.141. The summed E-state index contributed by atoms with van der Waals surface area (Å²) in [6.45, 7) is 6.73. The van der Waals surface area contributed by atoms with E-state index in [1.807, 2.05) is 11.8 Å². The summed E-state index contributed by atoms with van der Waals surface area (Å²) < 4.78 is 18.6. The second kappa shape index (κ2) is 7.93. The molecule has 25 heavy (non-hydrogen) atoms. The molecule has 2 aliphatic rings. The van der Waals surface area contributed by atoms with Crippen LogP contribution < -0.4 is 0 Å². The fourth-order valence-electron chi connectivity index (χ4n) is 3.32. The minimum absolute atomic E-state index is 0.119. The summed E-state index contributed by atoms with van der Waals surface area (Å²) in [4.78, 5) is 30.7. The lowest BCUT2D eigenvalue weighted by atomic mass is 10.1. The van der Waals surface area contributed by atoms with Crippen molar-refractivity contribution in [3.63, 3.8) is 0 Å². The molecule has 0 saturated carbocycles. The highest BCUT2D eigenvalue weighted by Gasteiger charge is 2.30. The van der Waals surface area contributed by atoms with Crippen LogP contribution in [0.1, 0.15) is 17.3 Å². The highest BCUT2D eigenvalue weighted by molar-refractivity contribution is 5.94. The molecule has 0 radical (unpaired) electrons. The Bertz CT molecular complexity index is 626. The van der Waals surface area contributed by atoms with Crippen LogP contribution in [0, 0.1) is 5.82 Å². The number of benzene rings is 1. The first-order valence-corrected chi connectivity index (χ1v) is 8.71. The smallest absolute Gasteiger partial charge is 0.254 e. The molecular formula is C18H24FN3O3. The maximum absolute atomic E-state index is 13.3. The molecule has 1 atom stereocenters. The molecule has 2 amide bonds. The topological polar surface area (TPSA) is 53.1 Å². The van der Waals surface area contributed by atoms with E-state index in [1.165, 1.54) is 12.1 Å². The average molecular weight is 349 g/mol. The molecule has 136 valence electrons. The molecule has 2 heterocycles. The molecule has 1 aromatic rings. The van der Waals surface area contributed by atoms with E-state index in [4.69, 9.17) is 4.74 Å². The normalized spacial score (nSPS) is 20.4. The zero-order chi connectivity index (χ0) is 17.8. The van der Waals surface area contributed by atoms with Crippen LogP contribution in [0.2, 0.25) is 0 Å². The fourth-order valence-corrected chi connectivity index (χ4v) is 3.32. The molecule has 6 nitrogen and oxygen atoms in total. The lowest BCUT2D eigenvalue weighted by Crippen LogP contribution is -2.56. The van der Waals surface area contributed by atoms with Crippen molar-refractivity contribution in [2.45, 2.75) is 13.0 Å². The monoisotopic (exact) mass is 349 g/mol. The van der Waals surface area contributed by atoms with Gasteiger partial charge >= 0.3 is 0 Å². The van der Waals surface area contributed by atoms with Gasteiger partial charge in [-0.1, -0.05) is 6.07 Å². The highest BCUT2D eigenvalue weighted by atomic mass is 19.1. The second-order valence-corrected chi connectivity index (χ2v) is 6.45. The SMILES string of the molecule is C[C@H](C(=O)N1CCOCC1)N1CCN(C(=O)c2cccc(F)c2)CC1. The van der Waals surface area contributed by atoms with Gasteiger partial charge < -0.3 is 14.5 Å². The van der Waals surface area contributed by atoms with Gasteiger partial charge in [0.15, 0.2) is 0 Å². The van der Waals surface area contributed by atoms with Crippen molar-refractivity contribution in [3.05, 3.63) is 35.6 Å². The maximum Gasteiger partial charge on any atom is 0.254 e. The zero-order valence-electron chi connectivity index (χ0n) is 14.5. The van der Waals surface area contributed by atoms with Gasteiger partial charge in [-0.05, 0) is 25.1 Å². The third-order valence-electron chi connectivity index (χ3n) is 4.90. The number of piperazine rings is 1. The Kier molecular flexibility index (Phi) is 5.65. The van der Waals surface area contributed by atoms with E-state index in [9.17, 15) is 14.0 Å². The molecule has 2 saturated heterocycles. The van der Waals surface area contributed by atoms with Crippen LogP contribution in [-0.2, 0) is 9.53 Å². The lowest BCUT2D eigenvalue weighted by Gasteiger charge is -2.39. The van der Waals surface area contributed by atoms with Crippen LogP contribution in [0.15, 0.2) is 24.3 Å². The summed E-state index contributed by atoms with van der Waals surface area (Å²) >= 11 is 0. The minimum atomic E-state index is -0.408. The average Bonchev–Trinajstić information content (AvgIpc) is 2.67. The van der Waals surface area contributed by atoms with Gasteiger partial charge in [0.1, 0.15) is 5.82 Å². The van der Waals surface area contributed by atoms with Crippen LogP contribution in [-0.4, -0.2) is 85.0 Å². The molecule has 2 aliphatic heterocycles. The number of carbonyl (C=O) groups is 2. The van der Waals surface area contributed by atoms with Gasteiger partial charge in [-0.2, -0.15) is 0 Å². The Morgan fingerprint density at radius 2 is 1.72 bits per heavy atom. The molecule has 0 aromatic heterocycles. The van der Waals surface area contributed by atoms with Gasteiger partial charge in [-0.3, -0.25) is 14.5 Å². The summed E-state index contributed by atoms with van der Waals surface area (Å²) in [5.41, 5.74) is 0.367. The first-order valence-electron chi connectivity index (χ1n) is 8.71. The Hall–Kier alpha value is -1.99. The van der Waals surface area contributed by atoms with Gasteiger partial charge in [0, 0.05) is 44.8 Å². The first-order chi connectivity index (χ1) is 12.1. The van der Waals surface area contributed by atoms with Crippen LogP contribution in [0.5, 0.6) is 0 Å². The number of halogens is 1. The summed E-state index contributed by atoms with van der Waals surface area (Å²) in [7, 11) is 0. The molecule has 0 bridgehead atoms. The van der Waals surface area contributed by atoms with Crippen molar-refractivity contribution < 1.29 is 18.7 Å². The number of amides is 2. The van der Waals surface area contributed by atoms with Crippen molar-refractivity contribution in [1.29, 1.82) is 0 Å². The molecular weight excluding hydrogens is 325 g/mol. The van der Waals surface area contributed by atoms with Gasteiger partial charge in [0.2, 0.25) is 5.91 Å². The number of rotatable bonds is 3. The number of nitrogens with zero attached hydrogens (tertiary/aromatic N) is 3. The van der Waals surface area contributed by atoms with Crippen molar-refractivity contribution in [2.24, 2.45) is 0 Å². The van der Waals surface area contributed by atoms with E-state index in [1.54, 1.807) is 17.0 Å². The Morgan fingerprint density at radius 3 is 2.36 bits per heavy atom. The van der Waals surface area contributed by atoms with Crippen molar-refractivity contribution in [1.82, 2.24) is 14.7 Å². The first kappa shape index (κ1) is 17.8. The maximum atomic E-state index is 13.3. The molecule has 0 spiro atoms. The van der Waals surface area contributed by atoms with E-state index in [2.05, 4.69) is 4.90 Å². The van der Waals surface area contributed by atoms with Gasteiger partial charge in [0.25, 0.3) is 5.91 Å². The minimum Gasteiger partial charge on any atom is -0.378 e. The van der Waals surface area contributed by atoms with E-state index >= 15 is 0 Å². The van der Waals surface area contributed by atoms with Crippen LogP contribution in [0.3, 0.4) is 0 Å². The molecule has 0 aliphatic carbocycles. The van der Waals surface area contributed by atoms with E-state index in [0.29, 0.717) is 58.0 Å². The number of hydrogen-bond acceptors (Lipinski definition) is 4. The zero-order valence-corrected chi connectivity index (χ0v) is 14.5. The van der Waals surface area contributed by atoms with Gasteiger partial charge in [0.05, 0.1) is 19.3 Å². The van der Waals surface area contributed by atoms with E-state index in [-0.39, 0.29) is 17.9 Å². The molecule has 3 rings (SSSR count). The predicted octanol–water partition coefficient (Wildman–Crippen LogP) is 0.831. The second-order valence-electron chi connectivity index (χ2n) is 6.45. The Morgan fingerprint density at radius 1 is 1.04 bits per heavy atom. The standard InChI is InChI=1S/C18H24FN3O3/c1-14(17(23)22-9-11-25-12-10-22)20-5-7-21(8-6-20)18(24)15-3-2-4-16(19)13-15/h2-4,13-14H,5-12H2,1H3/t14-/m1/s1. The van der Waals surface area contributed by atoms with Crippen LogP contribution >= 0.6 is 0 Å². The van der Waals surface area contributed by atoms with Gasteiger partial charge in [-0.25, -0.2) is 4.39 Å². The largest absolute Gasteiger partial charge is 0.378 e. The number of ether oxygens (including phenoxy) is 1. The molecule has 1 aromatic carbocycles. The van der Waals surface area contributed by atoms with Crippen molar-refractivity contribution in [3.8, 4) is 0 Å². The Balaban J connectivity index is 1.54. The van der Waals surface area contributed by atoms with E-state index in [0.717, 1.165) is 0 Å².